The van der Waals surface area contributed by atoms with Crippen LogP contribution in [0.25, 0.3) is 16.8 Å². The first-order valence-corrected chi connectivity index (χ1v) is 12.0. The van der Waals surface area contributed by atoms with Crippen LogP contribution in [0.5, 0.6) is 5.75 Å². The van der Waals surface area contributed by atoms with Crippen molar-refractivity contribution in [3.8, 4) is 16.9 Å². The summed E-state index contributed by atoms with van der Waals surface area (Å²) in [6, 6.07) is 7.77. The van der Waals surface area contributed by atoms with E-state index in [-0.39, 0.29) is 5.75 Å². The fraction of sp³-hybridized carbons (Fsp3) is 0.370. The molecular weight excluding hydrogens is 424 g/mol. The van der Waals surface area contributed by atoms with Crippen LogP contribution in [-0.2, 0) is 6.42 Å². The molecule has 0 aliphatic carbocycles. The van der Waals surface area contributed by atoms with Gasteiger partial charge in [-0.2, -0.15) is 0 Å². The minimum absolute atomic E-state index is 0.149. The maximum atomic E-state index is 10.8. The molecule has 3 aromatic rings. The van der Waals surface area contributed by atoms with Crippen LogP contribution in [-0.4, -0.2) is 57.1 Å². The van der Waals surface area contributed by atoms with Gasteiger partial charge in [0.1, 0.15) is 17.2 Å². The summed E-state index contributed by atoms with van der Waals surface area (Å²) in [7, 11) is 0. The Morgan fingerprint density at radius 1 is 1.15 bits per heavy atom. The fourth-order valence-corrected chi connectivity index (χ4v) is 4.02. The lowest BCUT2D eigenvalue weighted by molar-refractivity contribution is 0.355. The molecule has 4 rings (SSSR count). The predicted octanol–water partition coefficient (Wildman–Crippen LogP) is 4.82. The standard InChI is InChI=1S/C25H30N6O.C2H6/c1-5-19-13-21(16-31-15-17(3)27-25(19)31)20-7-8-22(24(32)14-20)23(6-2)29-28-18(4)30-11-9-26-10-12-30;1-2/h6-8,13-16,26,32H,2,5,9-12H2,1,3-4H3;1-2H3/b28-18+,29-23+;. The smallest absolute Gasteiger partial charge is 0.140 e. The molecule has 1 aromatic carbocycles. The number of aromatic hydroxyl groups is 1. The fourth-order valence-electron chi connectivity index (χ4n) is 4.02. The van der Waals surface area contributed by atoms with Crippen molar-refractivity contribution in [3.05, 3.63) is 66.1 Å². The number of aromatic nitrogens is 2. The van der Waals surface area contributed by atoms with Gasteiger partial charge < -0.3 is 19.7 Å². The van der Waals surface area contributed by atoms with Gasteiger partial charge in [0.2, 0.25) is 0 Å². The summed E-state index contributed by atoms with van der Waals surface area (Å²) in [6.45, 7) is 17.6. The van der Waals surface area contributed by atoms with Crippen LogP contribution in [0.3, 0.4) is 0 Å². The molecule has 0 saturated carbocycles. The van der Waals surface area contributed by atoms with Crippen LogP contribution in [0.15, 0.2) is 59.5 Å². The topological polar surface area (TPSA) is 77.5 Å². The molecule has 7 nitrogen and oxygen atoms in total. The number of pyridine rings is 1. The SMILES string of the molecule is C=C/C(=N\N=C(/C)N1CCNCC1)c1ccc(-c2cc(CC)c3nc(C)cn3c2)cc1O.CC. The molecular formula is C27H36N6O. The van der Waals surface area contributed by atoms with E-state index in [4.69, 9.17) is 0 Å². The summed E-state index contributed by atoms with van der Waals surface area (Å²) in [5.74, 6) is 1.01. The second-order valence-electron chi connectivity index (χ2n) is 8.03. The molecule has 0 spiro atoms. The third kappa shape index (κ3) is 5.54. The van der Waals surface area contributed by atoms with Gasteiger partial charge in [-0.25, -0.2) is 4.98 Å². The molecule has 1 fully saturated rings. The molecule has 0 atom stereocenters. The van der Waals surface area contributed by atoms with Gasteiger partial charge in [0.25, 0.3) is 0 Å². The minimum Gasteiger partial charge on any atom is -0.507 e. The Labute approximate surface area is 202 Å². The molecule has 7 heteroatoms. The van der Waals surface area contributed by atoms with Crippen LogP contribution in [0, 0.1) is 6.92 Å². The van der Waals surface area contributed by atoms with Crippen molar-refractivity contribution in [2.75, 3.05) is 26.2 Å². The van der Waals surface area contributed by atoms with Gasteiger partial charge in [0, 0.05) is 44.1 Å². The maximum Gasteiger partial charge on any atom is 0.140 e. The number of aryl methyl sites for hydroxylation is 2. The summed E-state index contributed by atoms with van der Waals surface area (Å²) < 4.78 is 2.05. The van der Waals surface area contributed by atoms with Crippen LogP contribution in [0.4, 0.5) is 0 Å². The molecule has 1 aliphatic rings. The maximum absolute atomic E-state index is 10.8. The molecule has 1 saturated heterocycles. The largest absolute Gasteiger partial charge is 0.507 e. The first-order valence-electron chi connectivity index (χ1n) is 12.0. The lowest BCUT2D eigenvalue weighted by Gasteiger charge is -2.28. The number of nitrogens with one attached hydrogen (secondary N) is 1. The number of rotatable bonds is 5. The van der Waals surface area contributed by atoms with Crippen LogP contribution < -0.4 is 5.32 Å². The van der Waals surface area contributed by atoms with E-state index in [1.54, 1.807) is 12.1 Å². The van der Waals surface area contributed by atoms with Gasteiger partial charge in [-0.15, -0.1) is 10.2 Å². The molecule has 180 valence electrons. The van der Waals surface area contributed by atoms with Gasteiger partial charge in [-0.1, -0.05) is 33.4 Å². The molecule has 2 aromatic heterocycles. The summed E-state index contributed by atoms with van der Waals surface area (Å²) in [6.07, 6.45) is 6.58. The highest BCUT2D eigenvalue weighted by molar-refractivity contribution is 6.10. The minimum atomic E-state index is 0.149. The number of phenols is 1. The van der Waals surface area contributed by atoms with E-state index in [2.05, 4.69) is 49.4 Å². The van der Waals surface area contributed by atoms with Gasteiger partial charge >= 0.3 is 0 Å². The Bertz CT molecular complexity index is 1200. The number of imidazole rings is 1. The number of fused-ring (bicyclic) bond motifs is 1. The van der Waals surface area contributed by atoms with E-state index in [1.165, 1.54) is 5.56 Å². The summed E-state index contributed by atoms with van der Waals surface area (Å²) >= 11 is 0. The number of hydrogen-bond acceptors (Lipinski definition) is 5. The average molecular weight is 461 g/mol. The second-order valence-corrected chi connectivity index (χ2v) is 8.03. The van der Waals surface area contributed by atoms with Gasteiger partial charge in [-0.05, 0) is 61.2 Å². The predicted molar refractivity (Wildman–Crippen MR) is 142 cm³/mol. The second kappa shape index (κ2) is 11.6. The van der Waals surface area contributed by atoms with Crippen molar-refractivity contribution < 1.29 is 5.11 Å². The summed E-state index contributed by atoms with van der Waals surface area (Å²) in [5.41, 5.74) is 6.24. The zero-order valence-corrected chi connectivity index (χ0v) is 21.0. The molecule has 0 unspecified atom stereocenters. The van der Waals surface area contributed by atoms with Crippen molar-refractivity contribution >= 4 is 17.2 Å². The molecule has 0 amide bonds. The Morgan fingerprint density at radius 3 is 2.53 bits per heavy atom. The zero-order chi connectivity index (χ0) is 24.7. The number of piperazine rings is 1. The van der Waals surface area contributed by atoms with Crippen molar-refractivity contribution in [3.63, 3.8) is 0 Å². The molecule has 3 heterocycles. The first-order chi connectivity index (χ1) is 16.5. The first kappa shape index (κ1) is 25.2. The van der Waals surface area contributed by atoms with Gasteiger partial charge in [0.05, 0.1) is 11.4 Å². The molecule has 0 bridgehead atoms. The third-order valence-corrected chi connectivity index (χ3v) is 5.81. The highest BCUT2D eigenvalue weighted by Gasteiger charge is 2.13. The van der Waals surface area contributed by atoms with Crippen LogP contribution >= 0.6 is 0 Å². The van der Waals surface area contributed by atoms with Crippen LogP contribution in [0.2, 0.25) is 0 Å². The number of amidine groups is 1. The van der Waals surface area contributed by atoms with Crippen molar-refractivity contribution in [1.82, 2.24) is 19.6 Å². The van der Waals surface area contributed by atoms with E-state index >= 15 is 0 Å². The third-order valence-electron chi connectivity index (χ3n) is 5.81. The number of allylic oxidation sites excluding steroid dienone is 1. The number of phenolic OH excluding ortho intramolecular Hbond substituents is 1. The molecule has 1 aliphatic heterocycles. The van der Waals surface area contributed by atoms with Gasteiger partial charge in [0.15, 0.2) is 0 Å². The highest BCUT2D eigenvalue weighted by Crippen LogP contribution is 2.29. The van der Waals surface area contributed by atoms with Crippen molar-refractivity contribution in [2.45, 2.75) is 41.0 Å². The lowest BCUT2D eigenvalue weighted by Crippen LogP contribution is -2.45. The highest BCUT2D eigenvalue weighted by atomic mass is 16.3. The van der Waals surface area contributed by atoms with E-state index in [0.717, 1.165) is 60.9 Å². The van der Waals surface area contributed by atoms with E-state index < -0.39 is 0 Å². The normalized spacial score (nSPS) is 14.7. The van der Waals surface area contributed by atoms with E-state index in [0.29, 0.717) is 11.3 Å². The van der Waals surface area contributed by atoms with Gasteiger partial charge in [-0.3, -0.25) is 0 Å². The van der Waals surface area contributed by atoms with Crippen LogP contribution in [0.1, 0.15) is 44.5 Å². The number of nitrogens with zero attached hydrogens (tertiary/aromatic N) is 5. The van der Waals surface area contributed by atoms with E-state index in [1.807, 2.05) is 52.2 Å². The Balaban J connectivity index is 0.00000158. The van der Waals surface area contributed by atoms with E-state index in [9.17, 15) is 5.11 Å². The molecule has 34 heavy (non-hydrogen) atoms. The summed E-state index contributed by atoms with van der Waals surface area (Å²) in [5, 5.41) is 22.9. The zero-order valence-electron chi connectivity index (χ0n) is 21.0. The number of hydrogen-bond donors (Lipinski definition) is 2. The average Bonchev–Trinajstić information content (AvgIpc) is 3.26. The quantitative estimate of drug-likeness (QED) is 0.325. The van der Waals surface area contributed by atoms with Crippen molar-refractivity contribution in [1.29, 1.82) is 0 Å². The lowest BCUT2D eigenvalue weighted by atomic mass is 10.0. The monoisotopic (exact) mass is 460 g/mol. The Hall–Kier alpha value is -3.45. The molecule has 0 radical (unpaired) electrons. The Morgan fingerprint density at radius 2 is 1.88 bits per heavy atom. The Kier molecular flexibility index (Phi) is 8.60. The van der Waals surface area contributed by atoms with Crippen molar-refractivity contribution in [2.24, 2.45) is 10.2 Å². The summed E-state index contributed by atoms with van der Waals surface area (Å²) in [4.78, 5) is 6.82. The number of benzene rings is 1. The molecule has 2 N–H and O–H groups in total.